The summed E-state index contributed by atoms with van der Waals surface area (Å²) in [6.45, 7) is 7.96. The average Bonchev–Trinajstić information content (AvgIpc) is 2.96. The van der Waals surface area contributed by atoms with Gasteiger partial charge in [-0.15, -0.1) is 0 Å². The number of carbonyl (C=O) groups is 2. The lowest BCUT2D eigenvalue weighted by atomic mass is 9.46. The van der Waals surface area contributed by atoms with Crippen LogP contribution < -0.4 is 5.32 Å². The van der Waals surface area contributed by atoms with E-state index in [4.69, 9.17) is 4.74 Å². The molecule has 4 saturated carbocycles. The molecule has 166 valence electrons. The molecule has 5 rings (SSSR count). The molecule has 1 aliphatic heterocycles. The zero-order chi connectivity index (χ0) is 21.9. The second-order valence-corrected chi connectivity index (χ2v) is 11.6. The molecule has 5 aliphatic rings. The first-order valence-corrected chi connectivity index (χ1v) is 11.3. The van der Waals surface area contributed by atoms with Crippen molar-refractivity contribution in [2.24, 2.45) is 23.2 Å². The molecule has 2 unspecified atom stereocenters. The minimum Gasteiger partial charge on any atom is -0.444 e. The van der Waals surface area contributed by atoms with E-state index in [2.05, 4.69) is 11.4 Å². The van der Waals surface area contributed by atoms with Crippen LogP contribution in [-0.2, 0) is 9.53 Å². The number of nitrogens with one attached hydrogen (secondary N) is 1. The summed E-state index contributed by atoms with van der Waals surface area (Å²) >= 11 is 0. The quantitative estimate of drug-likeness (QED) is 0.735. The van der Waals surface area contributed by atoms with Crippen LogP contribution in [0.5, 0.6) is 0 Å². The summed E-state index contributed by atoms with van der Waals surface area (Å²) in [7, 11) is 0. The van der Waals surface area contributed by atoms with E-state index in [0.29, 0.717) is 31.2 Å². The standard InChI is InChI=1S/C23H35N3O4/c1-14-5-17(11-24)26(12-14)19(27)18(25-20(28)30-21(2,3)4)22-7-15-6-16(8-22)10-23(29,9-15)13-22/h14-18,29H,5-10,12-13H2,1-4H3,(H,25,28)/t14-,15?,16?,17-,18+,22?,23?/m0/s1. The molecule has 7 nitrogen and oxygen atoms in total. The number of amides is 2. The van der Waals surface area contributed by atoms with Crippen LogP contribution in [0.1, 0.15) is 72.6 Å². The van der Waals surface area contributed by atoms with Gasteiger partial charge in [0.2, 0.25) is 5.91 Å². The Balaban J connectivity index is 1.65. The fraction of sp³-hybridized carbons (Fsp3) is 0.870. The SMILES string of the molecule is C[C@H]1C[C@@H](C#N)N(C(=O)[C@@H](NC(=O)OC(C)(C)C)C23CC4CC(CC(O)(C4)C2)C3)C1. The van der Waals surface area contributed by atoms with Crippen molar-refractivity contribution in [3.63, 3.8) is 0 Å². The number of aliphatic hydroxyl groups is 1. The number of hydrogen-bond donors (Lipinski definition) is 2. The molecule has 7 heteroatoms. The summed E-state index contributed by atoms with van der Waals surface area (Å²) in [6, 6.07) is 1.03. The van der Waals surface area contributed by atoms with E-state index in [-0.39, 0.29) is 11.8 Å². The maximum absolute atomic E-state index is 13.8. The average molecular weight is 418 g/mol. The van der Waals surface area contributed by atoms with Crippen molar-refractivity contribution in [3.05, 3.63) is 0 Å². The zero-order valence-corrected chi connectivity index (χ0v) is 18.6. The van der Waals surface area contributed by atoms with E-state index in [0.717, 1.165) is 32.1 Å². The van der Waals surface area contributed by atoms with Crippen LogP contribution in [0.25, 0.3) is 0 Å². The molecule has 5 fully saturated rings. The molecule has 5 atom stereocenters. The largest absolute Gasteiger partial charge is 0.444 e. The number of rotatable bonds is 3. The summed E-state index contributed by atoms with van der Waals surface area (Å²) in [5, 5.41) is 23.7. The van der Waals surface area contributed by atoms with Crippen molar-refractivity contribution in [2.75, 3.05) is 6.54 Å². The molecular weight excluding hydrogens is 382 g/mol. The molecule has 0 aromatic carbocycles. The minimum atomic E-state index is -0.772. The van der Waals surface area contributed by atoms with Gasteiger partial charge in [0, 0.05) is 12.0 Å². The third-order valence-corrected chi connectivity index (χ3v) is 7.54. The lowest BCUT2D eigenvalue weighted by Crippen LogP contribution is -2.66. The van der Waals surface area contributed by atoms with Crippen LogP contribution in [0.2, 0.25) is 0 Å². The summed E-state index contributed by atoms with van der Waals surface area (Å²) in [5.41, 5.74) is -1.89. The lowest BCUT2D eigenvalue weighted by molar-refractivity contribution is -0.180. The first kappa shape index (κ1) is 21.4. The smallest absolute Gasteiger partial charge is 0.408 e. The number of likely N-dealkylation sites (tertiary alicyclic amines) is 1. The minimum absolute atomic E-state index is 0.192. The topological polar surface area (TPSA) is 103 Å². The van der Waals surface area contributed by atoms with Crippen molar-refractivity contribution in [3.8, 4) is 6.07 Å². The van der Waals surface area contributed by atoms with Gasteiger partial charge >= 0.3 is 6.09 Å². The predicted octanol–water partition coefficient (Wildman–Crippen LogP) is 2.97. The highest BCUT2D eigenvalue weighted by Crippen LogP contribution is 2.63. The molecule has 0 spiro atoms. The third-order valence-electron chi connectivity index (χ3n) is 7.54. The van der Waals surface area contributed by atoms with Crippen LogP contribution in [0.3, 0.4) is 0 Å². The van der Waals surface area contributed by atoms with Crippen molar-refractivity contribution < 1.29 is 19.4 Å². The summed E-state index contributed by atoms with van der Waals surface area (Å²) in [4.78, 5) is 28.2. The van der Waals surface area contributed by atoms with Crippen LogP contribution in [0, 0.1) is 34.5 Å². The number of alkyl carbamates (subject to hydrolysis) is 1. The second kappa shape index (κ2) is 7.12. The van der Waals surface area contributed by atoms with Crippen molar-refractivity contribution in [1.82, 2.24) is 10.2 Å². The van der Waals surface area contributed by atoms with Gasteiger partial charge in [0.25, 0.3) is 0 Å². The highest BCUT2D eigenvalue weighted by atomic mass is 16.6. The Morgan fingerprint density at radius 1 is 1.20 bits per heavy atom. The van der Waals surface area contributed by atoms with E-state index in [1.807, 2.05) is 6.92 Å². The first-order chi connectivity index (χ1) is 13.9. The normalized spacial score (nSPS) is 40.7. The molecule has 0 aromatic heterocycles. The Morgan fingerprint density at radius 2 is 1.83 bits per heavy atom. The van der Waals surface area contributed by atoms with E-state index < -0.39 is 34.8 Å². The summed E-state index contributed by atoms with van der Waals surface area (Å²) in [6.07, 6.45) is 4.92. The molecule has 30 heavy (non-hydrogen) atoms. The molecular formula is C23H35N3O4. The van der Waals surface area contributed by atoms with Crippen molar-refractivity contribution in [1.29, 1.82) is 5.26 Å². The third kappa shape index (κ3) is 3.91. The summed E-state index contributed by atoms with van der Waals surface area (Å²) in [5.74, 6) is 0.830. The first-order valence-electron chi connectivity index (χ1n) is 11.3. The van der Waals surface area contributed by atoms with Crippen LogP contribution in [0.4, 0.5) is 4.79 Å². The number of nitriles is 1. The Labute approximate surface area is 179 Å². The van der Waals surface area contributed by atoms with Gasteiger partial charge in [-0.2, -0.15) is 5.26 Å². The Bertz CT molecular complexity index is 753. The zero-order valence-electron chi connectivity index (χ0n) is 18.6. The van der Waals surface area contributed by atoms with Gasteiger partial charge in [-0.1, -0.05) is 6.92 Å². The highest BCUT2D eigenvalue weighted by Gasteiger charge is 2.62. The Morgan fingerprint density at radius 3 is 2.37 bits per heavy atom. The molecule has 4 bridgehead atoms. The van der Waals surface area contributed by atoms with Gasteiger partial charge in [-0.05, 0) is 83.5 Å². The van der Waals surface area contributed by atoms with Crippen molar-refractivity contribution >= 4 is 12.0 Å². The lowest BCUT2D eigenvalue weighted by Gasteiger charge is -2.62. The highest BCUT2D eigenvalue weighted by molar-refractivity contribution is 5.87. The van der Waals surface area contributed by atoms with Gasteiger partial charge in [0.15, 0.2) is 0 Å². The number of ether oxygens (including phenoxy) is 1. The molecule has 4 aliphatic carbocycles. The fourth-order valence-corrected chi connectivity index (χ4v) is 7.10. The van der Waals surface area contributed by atoms with Crippen LogP contribution in [0.15, 0.2) is 0 Å². The second-order valence-electron chi connectivity index (χ2n) is 11.6. The van der Waals surface area contributed by atoms with Gasteiger partial charge in [0.05, 0.1) is 11.7 Å². The van der Waals surface area contributed by atoms with E-state index in [1.54, 1.807) is 25.7 Å². The molecule has 2 N–H and O–H groups in total. The Hall–Kier alpha value is -1.81. The number of nitrogens with zero attached hydrogens (tertiary/aromatic N) is 2. The molecule has 2 amide bonds. The number of hydrogen-bond acceptors (Lipinski definition) is 5. The van der Waals surface area contributed by atoms with E-state index in [1.165, 1.54) is 0 Å². The Kier molecular flexibility index (Phi) is 5.08. The predicted molar refractivity (Wildman–Crippen MR) is 110 cm³/mol. The van der Waals surface area contributed by atoms with E-state index >= 15 is 0 Å². The fourth-order valence-electron chi connectivity index (χ4n) is 7.10. The van der Waals surface area contributed by atoms with Gasteiger partial charge < -0.3 is 20.1 Å². The molecule has 0 aromatic rings. The van der Waals surface area contributed by atoms with Gasteiger partial charge in [0.1, 0.15) is 17.7 Å². The molecule has 1 heterocycles. The number of carbonyl (C=O) groups excluding carboxylic acids is 2. The monoisotopic (exact) mass is 417 g/mol. The van der Waals surface area contributed by atoms with Gasteiger partial charge in [-0.3, -0.25) is 4.79 Å². The maximum Gasteiger partial charge on any atom is 0.408 e. The van der Waals surface area contributed by atoms with Gasteiger partial charge in [-0.25, -0.2) is 4.79 Å². The maximum atomic E-state index is 13.8. The van der Waals surface area contributed by atoms with Crippen molar-refractivity contribution in [2.45, 2.75) is 95.9 Å². The van der Waals surface area contributed by atoms with Crippen LogP contribution >= 0.6 is 0 Å². The van der Waals surface area contributed by atoms with E-state index in [9.17, 15) is 20.0 Å². The molecule has 1 saturated heterocycles. The molecule has 0 radical (unpaired) electrons. The van der Waals surface area contributed by atoms with Crippen LogP contribution in [-0.4, -0.2) is 51.8 Å². The summed E-state index contributed by atoms with van der Waals surface area (Å²) < 4.78 is 5.50.